The maximum atomic E-state index is 14.0. The zero-order valence-corrected chi connectivity index (χ0v) is 26.6. The van der Waals surface area contributed by atoms with E-state index in [2.05, 4.69) is 142 Å². The first-order chi connectivity index (χ1) is 21.0. The lowest BCUT2D eigenvalue weighted by atomic mass is 10.1. The van der Waals surface area contributed by atoms with E-state index in [0.717, 1.165) is 11.7 Å². The lowest BCUT2D eigenvalue weighted by Gasteiger charge is -2.25. The lowest BCUT2D eigenvalue weighted by Crippen LogP contribution is -2.26. The Kier molecular flexibility index (Phi) is 8.95. The van der Waals surface area contributed by atoms with Gasteiger partial charge in [0.1, 0.15) is 5.82 Å². The molecule has 212 valence electrons. The van der Waals surface area contributed by atoms with Crippen LogP contribution in [0.2, 0.25) is 0 Å². The van der Waals surface area contributed by atoms with Gasteiger partial charge in [0.25, 0.3) is 0 Å². The van der Waals surface area contributed by atoms with Gasteiger partial charge in [-0.3, -0.25) is 0 Å². The van der Waals surface area contributed by atoms with Crippen molar-refractivity contribution in [1.82, 2.24) is 0 Å². The summed E-state index contributed by atoms with van der Waals surface area (Å²) in [7, 11) is -1.61. The average molecular weight is 597 g/mol. The Morgan fingerprint density at radius 2 is 0.698 bits per heavy atom. The highest BCUT2D eigenvalue weighted by Crippen LogP contribution is 2.37. The zero-order valence-electron chi connectivity index (χ0n) is 24.8. The predicted octanol–water partition coefficient (Wildman–Crippen LogP) is 7.86. The summed E-state index contributed by atoms with van der Waals surface area (Å²) in [5, 5.41) is 7.85. The van der Waals surface area contributed by atoms with Crippen LogP contribution < -0.4 is 31.8 Å². The van der Waals surface area contributed by atoms with Gasteiger partial charge in [-0.25, -0.2) is 4.39 Å². The molecule has 0 bridgehead atoms. The van der Waals surface area contributed by atoms with E-state index < -0.39 is 15.8 Å². The van der Waals surface area contributed by atoms with Crippen molar-refractivity contribution in [2.75, 3.05) is 0 Å². The molecule has 43 heavy (non-hydrogen) atoms. The predicted molar refractivity (Wildman–Crippen MR) is 187 cm³/mol. The van der Waals surface area contributed by atoms with E-state index in [9.17, 15) is 4.39 Å². The summed E-state index contributed by atoms with van der Waals surface area (Å²) in [6.07, 6.45) is 0.828. The SMILES string of the molecule is Cc1ccc(P(c2ccc(C)cc2)c2ccccc2Cc2ccccc2P(c2ccc(C)cc2)c2ccc(F)cc2)cc1. The Morgan fingerprint density at radius 1 is 0.395 bits per heavy atom. The smallest absolute Gasteiger partial charge is 0.123 e. The van der Waals surface area contributed by atoms with Crippen molar-refractivity contribution in [1.29, 1.82) is 0 Å². The number of rotatable bonds is 8. The largest absolute Gasteiger partial charge is 0.207 e. The third kappa shape index (κ3) is 6.70. The molecular formula is C40H35FP2. The normalized spacial score (nSPS) is 11.9. The first kappa shape index (κ1) is 29.2. The van der Waals surface area contributed by atoms with Gasteiger partial charge in [0.15, 0.2) is 0 Å². The Labute approximate surface area is 257 Å². The molecule has 0 aromatic heterocycles. The van der Waals surface area contributed by atoms with Crippen molar-refractivity contribution < 1.29 is 4.39 Å². The van der Waals surface area contributed by atoms with Crippen LogP contribution in [0.3, 0.4) is 0 Å². The van der Waals surface area contributed by atoms with Crippen LogP contribution >= 0.6 is 15.8 Å². The summed E-state index contributed by atoms with van der Waals surface area (Å²) in [6.45, 7) is 6.42. The summed E-state index contributed by atoms with van der Waals surface area (Å²) in [4.78, 5) is 0. The van der Waals surface area contributed by atoms with Crippen LogP contribution in [0.5, 0.6) is 0 Å². The van der Waals surface area contributed by atoms with Gasteiger partial charge < -0.3 is 0 Å². The minimum Gasteiger partial charge on any atom is -0.207 e. The molecule has 1 atom stereocenters. The van der Waals surface area contributed by atoms with Gasteiger partial charge >= 0.3 is 0 Å². The molecule has 0 aliphatic heterocycles. The van der Waals surface area contributed by atoms with Crippen LogP contribution in [0.4, 0.5) is 4.39 Å². The summed E-state index contributed by atoms with van der Waals surface area (Å²) in [6, 6.07) is 51.9. The van der Waals surface area contributed by atoms with Gasteiger partial charge in [-0.1, -0.05) is 150 Å². The van der Waals surface area contributed by atoms with Crippen molar-refractivity contribution in [3.05, 3.63) is 179 Å². The first-order valence-electron chi connectivity index (χ1n) is 14.7. The molecule has 6 aromatic carbocycles. The van der Waals surface area contributed by atoms with E-state index in [1.807, 2.05) is 12.1 Å². The maximum absolute atomic E-state index is 14.0. The molecule has 3 heteroatoms. The van der Waals surface area contributed by atoms with Crippen molar-refractivity contribution in [2.24, 2.45) is 0 Å². The van der Waals surface area contributed by atoms with Crippen LogP contribution in [0.25, 0.3) is 0 Å². The molecule has 1 unspecified atom stereocenters. The molecule has 0 fully saturated rings. The van der Waals surface area contributed by atoms with E-state index in [1.54, 1.807) is 12.1 Å². The Hall–Kier alpha value is -3.89. The maximum Gasteiger partial charge on any atom is 0.123 e. The van der Waals surface area contributed by atoms with Gasteiger partial charge in [-0.15, -0.1) is 0 Å². The molecule has 0 saturated carbocycles. The molecule has 0 heterocycles. The molecule has 0 aliphatic carbocycles. The first-order valence-corrected chi connectivity index (χ1v) is 17.4. The van der Waals surface area contributed by atoms with Gasteiger partial charge in [0.05, 0.1) is 0 Å². The molecule has 0 amide bonds. The fourth-order valence-electron chi connectivity index (χ4n) is 5.49. The average Bonchev–Trinajstić information content (AvgIpc) is 3.03. The fraction of sp³-hybridized carbons (Fsp3) is 0.100. The van der Waals surface area contributed by atoms with Gasteiger partial charge in [0, 0.05) is 0 Å². The van der Waals surface area contributed by atoms with Crippen molar-refractivity contribution in [3.63, 3.8) is 0 Å². The topological polar surface area (TPSA) is 0 Å². The molecule has 0 N–H and O–H groups in total. The van der Waals surface area contributed by atoms with Gasteiger partial charge in [-0.05, 0) is 98.1 Å². The van der Waals surface area contributed by atoms with Gasteiger partial charge in [0.2, 0.25) is 0 Å². The minimum atomic E-state index is -0.869. The van der Waals surface area contributed by atoms with E-state index in [0.29, 0.717) is 0 Å². The summed E-state index contributed by atoms with van der Waals surface area (Å²) >= 11 is 0. The number of hydrogen-bond donors (Lipinski definition) is 0. The number of halogens is 1. The molecule has 0 aliphatic rings. The van der Waals surface area contributed by atoms with Crippen molar-refractivity contribution in [3.8, 4) is 0 Å². The second-order valence-corrected chi connectivity index (χ2v) is 15.5. The standard InChI is InChI=1S/C40H35FP2/c1-29-12-20-35(21-13-29)42(36-22-14-30(2)15-23-36)39-10-6-4-8-32(39)28-33-9-5-7-11-40(33)43(37-24-16-31(3)17-25-37)38-26-18-34(41)19-27-38/h4-27H,28H2,1-3H3. The van der Waals surface area contributed by atoms with Crippen molar-refractivity contribution in [2.45, 2.75) is 27.2 Å². The number of hydrogen-bond acceptors (Lipinski definition) is 0. The van der Waals surface area contributed by atoms with Crippen LogP contribution in [0, 0.1) is 26.6 Å². The van der Waals surface area contributed by atoms with E-state index in [1.165, 1.54) is 54.3 Å². The Balaban J connectivity index is 1.47. The molecule has 0 spiro atoms. The summed E-state index contributed by atoms with van der Waals surface area (Å²) in [5.74, 6) is -0.203. The highest BCUT2D eigenvalue weighted by Gasteiger charge is 2.23. The third-order valence-electron chi connectivity index (χ3n) is 7.81. The van der Waals surface area contributed by atoms with Crippen LogP contribution in [-0.2, 0) is 6.42 Å². The van der Waals surface area contributed by atoms with E-state index in [-0.39, 0.29) is 5.82 Å². The van der Waals surface area contributed by atoms with Crippen LogP contribution in [0.1, 0.15) is 27.8 Å². The molecule has 0 radical (unpaired) electrons. The fourth-order valence-corrected chi connectivity index (χ4v) is 10.3. The summed E-state index contributed by atoms with van der Waals surface area (Å²) < 4.78 is 14.0. The quantitative estimate of drug-likeness (QED) is 0.157. The molecular weight excluding hydrogens is 561 g/mol. The van der Waals surface area contributed by atoms with E-state index >= 15 is 0 Å². The monoisotopic (exact) mass is 596 g/mol. The highest BCUT2D eigenvalue weighted by atomic mass is 31.1. The van der Waals surface area contributed by atoms with Gasteiger partial charge in [-0.2, -0.15) is 0 Å². The summed E-state index contributed by atoms with van der Waals surface area (Å²) in [5.41, 5.74) is 6.44. The molecule has 6 aromatic rings. The van der Waals surface area contributed by atoms with Crippen molar-refractivity contribution >= 4 is 47.7 Å². The third-order valence-corrected chi connectivity index (χ3v) is 12.9. The number of benzene rings is 6. The van der Waals surface area contributed by atoms with Crippen LogP contribution in [-0.4, -0.2) is 0 Å². The molecule has 6 rings (SSSR count). The zero-order chi connectivity index (χ0) is 29.8. The second kappa shape index (κ2) is 13.2. The molecule has 0 nitrogen and oxygen atoms in total. The van der Waals surface area contributed by atoms with E-state index in [4.69, 9.17) is 0 Å². The Morgan fingerprint density at radius 3 is 1.05 bits per heavy atom. The Bertz CT molecular complexity index is 1580. The second-order valence-electron chi connectivity index (χ2n) is 11.1. The highest BCUT2D eigenvalue weighted by molar-refractivity contribution is 7.80. The lowest BCUT2D eigenvalue weighted by molar-refractivity contribution is 0.628. The minimum absolute atomic E-state index is 0.203. The van der Waals surface area contributed by atoms with Crippen LogP contribution in [0.15, 0.2) is 146 Å². The number of aryl methyl sites for hydroxylation is 3. The molecule has 0 saturated heterocycles.